The number of hydrogen-bond acceptors (Lipinski definition) is 4. The van der Waals surface area contributed by atoms with E-state index in [1.807, 2.05) is 0 Å². The molecule has 2 fully saturated rings. The number of hydrogen-bond donors (Lipinski definition) is 1. The van der Waals surface area contributed by atoms with Crippen LogP contribution in [0.3, 0.4) is 0 Å². The number of benzene rings is 1. The van der Waals surface area contributed by atoms with E-state index in [0.717, 1.165) is 25.3 Å². The van der Waals surface area contributed by atoms with Crippen LogP contribution in [0.1, 0.15) is 45.6 Å². The number of hydrazine groups is 1. The smallest absolute Gasteiger partial charge is 0.335 e. The highest BCUT2D eigenvalue weighted by Gasteiger charge is 2.51. The van der Waals surface area contributed by atoms with Crippen molar-refractivity contribution in [2.75, 3.05) is 6.54 Å². The summed E-state index contributed by atoms with van der Waals surface area (Å²) in [5.41, 5.74) is -0.485. The molecule has 2 aliphatic heterocycles. The standard InChI is InChI=1S/C25H29F3N4O/c1-5-18(22(33)31-15-24(4)13-17(31)12-23(2,3)14-24)21-30-19(16-9-7-6-8-10-16)11-20(32(21)29)25(26,27)28/h5-11,17H,1,12-15,29H2,2-4H3/b21-18+. The summed E-state index contributed by atoms with van der Waals surface area (Å²) in [7, 11) is 0. The van der Waals surface area contributed by atoms with Crippen molar-refractivity contribution in [2.45, 2.75) is 52.3 Å². The number of halogens is 3. The minimum absolute atomic E-state index is 0.0202. The number of amides is 1. The van der Waals surface area contributed by atoms with Crippen LogP contribution in [-0.2, 0) is 4.79 Å². The predicted octanol–water partition coefficient (Wildman–Crippen LogP) is 4.94. The van der Waals surface area contributed by atoms with E-state index in [2.05, 4.69) is 32.3 Å². The minimum atomic E-state index is -4.73. The van der Waals surface area contributed by atoms with Gasteiger partial charge in [0.05, 0.1) is 11.3 Å². The number of carbonyl (C=O) groups is 1. The molecule has 33 heavy (non-hydrogen) atoms. The molecular formula is C25H29F3N4O. The van der Waals surface area contributed by atoms with Crippen molar-refractivity contribution in [3.63, 3.8) is 0 Å². The Morgan fingerprint density at radius 2 is 1.88 bits per heavy atom. The number of nitrogens with zero attached hydrogens (tertiary/aromatic N) is 3. The maximum atomic E-state index is 13.8. The van der Waals surface area contributed by atoms with Crippen LogP contribution >= 0.6 is 0 Å². The lowest BCUT2D eigenvalue weighted by molar-refractivity contribution is -0.128. The van der Waals surface area contributed by atoms with Gasteiger partial charge in [0, 0.05) is 18.2 Å². The van der Waals surface area contributed by atoms with Crippen molar-refractivity contribution >= 4 is 11.6 Å². The van der Waals surface area contributed by atoms with Crippen molar-refractivity contribution in [1.82, 2.24) is 9.91 Å². The molecule has 1 aromatic carbocycles. The number of rotatable bonds is 3. The molecule has 2 N–H and O–H groups in total. The van der Waals surface area contributed by atoms with Crippen LogP contribution in [0.15, 0.2) is 71.1 Å². The van der Waals surface area contributed by atoms with E-state index in [0.29, 0.717) is 17.1 Å². The first-order valence-electron chi connectivity index (χ1n) is 11.0. The summed E-state index contributed by atoms with van der Waals surface area (Å²) in [6, 6.07) is 8.53. The molecule has 8 heteroatoms. The third-order valence-electron chi connectivity index (χ3n) is 6.70. The third kappa shape index (κ3) is 4.36. The van der Waals surface area contributed by atoms with E-state index in [-0.39, 0.29) is 39.9 Å². The van der Waals surface area contributed by atoms with Gasteiger partial charge >= 0.3 is 6.18 Å². The van der Waals surface area contributed by atoms with Crippen LogP contribution in [0, 0.1) is 10.8 Å². The first kappa shape index (κ1) is 23.3. The summed E-state index contributed by atoms with van der Waals surface area (Å²) in [4.78, 5) is 19.8. The molecule has 176 valence electrons. The zero-order chi connectivity index (χ0) is 24.2. The molecule has 2 atom stereocenters. The van der Waals surface area contributed by atoms with Crippen LogP contribution < -0.4 is 5.84 Å². The van der Waals surface area contributed by atoms with E-state index in [4.69, 9.17) is 5.84 Å². The van der Waals surface area contributed by atoms with Gasteiger partial charge in [0.1, 0.15) is 5.70 Å². The maximum Gasteiger partial charge on any atom is 0.433 e. The van der Waals surface area contributed by atoms with Crippen molar-refractivity contribution < 1.29 is 18.0 Å². The molecule has 4 rings (SSSR count). The van der Waals surface area contributed by atoms with E-state index >= 15 is 0 Å². The van der Waals surface area contributed by atoms with E-state index in [1.165, 1.54) is 6.08 Å². The van der Waals surface area contributed by atoms with Gasteiger partial charge in [-0.1, -0.05) is 63.8 Å². The van der Waals surface area contributed by atoms with Crippen molar-refractivity contribution in [3.8, 4) is 0 Å². The average Bonchev–Trinajstić information content (AvgIpc) is 2.98. The van der Waals surface area contributed by atoms with Gasteiger partial charge < -0.3 is 4.90 Å². The van der Waals surface area contributed by atoms with Gasteiger partial charge in [-0.15, -0.1) is 0 Å². The number of nitrogens with two attached hydrogens (primary N) is 1. The zero-order valence-electron chi connectivity index (χ0n) is 19.1. The minimum Gasteiger partial charge on any atom is -0.335 e. The van der Waals surface area contributed by atoms with Gasteiger partial charge in [-0.05, 0) is 36.2 Å². The number of alkyl halides is 3. The van der Waals surface area contributed by atoms with E-state index < -0.39 is 11.9 Å². The Labute approximate surface area is 192 Å². The Balaban J connectivity index is 1.79. The van der Waals surface area contributed by atoms with E-state index in [1.54, 1.807) is 35.2 Å². The second kappa shape index (κ2) is 7.87. The van der Waals surface area contributed by atoms with Crippen molar-refractivity contribution in [1.29, 1.82) is 0 Å². The van der Waals surface area contributed by atoms with E-state index in [9.17, 15) is 18.0 Å². The molecule has 1 aliphatic carbocycles. The van der Waals surface area contributed by atoms with Gasteiger partial charge in [0.2, 0.25) is 0 Å². The van der Waals surface area contributed by atoms with Crippen LogP contribution in [0.5, 0.6) is 0 Å². The Bertz CT molecular complexity index is 1070. The molecule has 3 aliphatic rings. The fourth-order valence-electron chi connectivity index (χ4n) is 5.80. The highest BCUT2D eigenvalue weighted by molar-refractivity contribution is 6.10. The molecule has 1 saturated heterocycles. The molecule has 5 nitrogen and oxygen atoms in total. The first-order valence-corrected chi connectivity index (χ1v) is 11.0. The quantitative estimate of drug-likeness (QED) is 0.516. The van der Waals surface area contributed by atoms with Gasteiger partial charge in [0.15, 0.2) is 5.82 Å². The predicted molar refractivity (Wildman–Crippen MR) is 122 cm³/mol. The summed E-state index contributed by atoms with van der Waals surface area (Å²) in [6.45, 7) is 10.8. The fraction of sp³-hybridized carbons (Fsp3) is 0.440. The summed E-state index contributed by atoms with van der Waals surface area (Å²) in [6.07, 6.45) is 0.135. The molecule has 2 heterocycles. The summed E-state index contributed by atoms with van der Waals surface area (Å²) < 4.78 is 41.5. The van der Waals surface area contributed by atoms with Crippen molar-refractivity contribution in [2.24, 2.45) is 21.7 Å². The van der Waals surface area contributed by atoms with Gasteiger partial charge in [-0.25, -0.2) is 10.8 Å². The molecule has 1 amide bonds. The van der Waals surface area contributed by atoms with Crippen LogP contribution in [0.4, 0.5) is 13.2 Å². The first-order chi connectivity index (χ1) is 15.3. The van der Waals surface area contributed by atoms with Crippen LogP contribution in [-0.4, -0.2) is 40.3 Å². The molecule has 0 spiro atoms. The average molecular weight is 459 g/mol. The Morgan fingerprint density at radius 1 is 1.21 bits per heavy atom. The summed E-state index contributed by atoms with van der Waals surface area (Å²) in [5, 5.41) is 0.454. The second-order valence-corrected chi connectivity index (χ2v) is 10.3. The SMILES string of the molecule is C=C/C(C(=O)N1CC2(C)CC1CC(C)(C)C2)=C1/N=C(c2ccccc2)C=C(C(F)(F)F)N1N. The topological polar surface area (TPSA) is 61.9 Å². The largest absolute Gasteiger partial charge is 0.433 e. The van der Waals surface area contributed by atoms with Gasteiger partial charge in [0.25, 0.3) is 5.91 Å². The molecule has 1 aromatic rings. The number of fused-ring (bicyclic) bond motifs is 2. The number of likely N-dealkylation sites (tertiary alicyclic amines) is 1. The highest BCUT2D eigenvalue weighted by Crippen LogP contribution is 2.52. The number of carbonyl (C=O) groups excluding carboxylic acids is 1. The number of allylic oxidation sites excluding steroid dienone is 2. The fourth-order valence-corrected chi connectivity index (χ4v) is 5.80. The Hall–Kier alpha value is -2.87. The summed E-state index contributed by atoms with van der Waals surface area (Å²) in [5.74, 6) is 5.26. The Morgan fingerprint density at radius 3 is 2.48 bits per heavy atom. The number of aliphatic imine (C=N–C) groups is 1. The molecule has 2 bridgehead atoms. The lowest BCUT2D eigenvalue weighted by Crippen LogP contribution is -2.42. The molecule has 0 radical (unpaired) electrons. The van der Waals surface area contributed by atoms with Crippen LogP contribution in [0.2, 0.25) is 0 Å². The highest BCUT2D eigenvalue weighted by atomic mass is 19.4. The monoisotopic (exact) mass is 458 g/mol. The van der Waals surface area contributed by atoms with Gasteiger partial charge in [-0.3, -0.25) is 9.80 Å². The second-order valence-electron chi connectivity index (χ2n) is 10.3. The third-order valence-corrected chi connectivity index (χ3v) is 6.70. The molecule has 0 aromatic heterocycles. The van der Waals surface area contributed by atoms with Crippen molar-refractivity contribution in [3.05, 3.63) is 71.7 Å². The van der Waals surface area contributed by atoms with Gasteiger partial charge in [-0.2, -0.15) is 13.2 Å². The molecule has 1 saturated carbocycles. The summed E-state index contributed by atoms with van der Waals surface area (Å²) >= 11 is 0. The molecule has 2 unspecified atom stereocenters. The lowest BCUT2D eigenvalue weighted by Gasteiger charge is -2.39. The zero-order valence-corrected chi connectivity index (χ0v) is 19.1. The van der Waals surface area contributed by atoms with Crippen LogP contribution in [0.25, 0.3) is 0 Å². The normalized spacial score (nSPS) is 28.3. The lowest BCUT2D eigenvalue weighted by atomic mass is 9.65. The molecular weight excluding hydrogens is 429 g/mol. The Kier molecular flexibility index (Phi) is 5.55. The maximum absolute atomic E-state index is 13.8.